The predicted molar refractivity (Wildman–Crippen MR) is 157 cm³/mol. The van der Waals surface area contributed by atoms with Crippen LogP contribution in [-0.4, -0.2) is 22.7 Å². The molecule has 5 aromatic rings. The zero-order valence-corrected chi connectivity index (χ0v) is 23.7. The van der Waals surface area contributed by atoms with Crippen LogP contribution in [0.4, 0.5) is 13.2 Å². The number of rotatable bonds is 8. The fraction of sp³-hybridized carbons (Fsp3) is 0.229. The summed E-state index contributed by atoms with van der Waals surface area (Å²) in [6.45, 7) is 4.09. The van der Waals surface area contributed by atoms with Gasteiger partial charge in [0.2, 0.25) is 0 Å². The monoisotopic (exact) mass is 582 g/mol. The van der Waals surface area contributed by atoms with E-state index in [-0.39, 0.29) is 5.97 Å². The van der Waals surface area contributed by atoms with E-state index >= 15 is 0 Å². The van der Waals surface area contributed by atoms with Gasteiger partial charge in [-0.2, -0.15) is 13.2 Å². The maximum atomic E-state index is 13.0. The fourth-order valence-corrected chi connectivity index (χ4v) is 5.42. The second kappa shape index (κ2) is 11.2. The number of aromatic nitrogens is 2. The molecule has 1 aliphatic carbocycles. The number of ether oxygens (including phenoxy) is 1. The minimum atomic E-state index is -4.38. The number of benzene rings is 3. The average Bonchev–Trinajstić information content (AvgIpc) is 3.76. The van der Waals surface area contributed by atoms with Crippen molar-refractivity contribution in [2.45, 2.75) is 44.7 Å². The van der Waals surface area contributed by atoms with Crippen molar-refractivity contribution in [1.82, 2.24) is 10.1 Å². The summed E-state index contributed by atoms with van der Waals surface area (Å²) >= 11 is 0. The molecule has 5 nitrogen and oxygen atoms in total. The van der Waals surface area contributed by atoms with Crippen molar-refractivity contribution < 1.29 is 27.2 Å². The highest BCUT2D eigenvalue weighted by Crippen LogP contribution is 2.49. The molecule has 0 radical (unpaired) electrons. The van der Waals surface area contributed by atoms with Crippen LogP contribution in [0.2, 0.25) is 0 Å². The lowest BCUT2D eigenvalue weighted by atomic mass is 9.93. The Balaban J connectivity index is 1.20. The van der Waals surface area contributed by atoms with Gasteiger partial charge < -0.3 is 9.26 Å². The van der Waals surface area contributed by atoms with Gasteiger partial charge in [-0.05, 0) is 72.7 Å². The van der Waals surface area contributed by atoms with Crippen LogP contribution in [0.15, 0.2) is 95.8 Å². The first-order valence-corrected chi connectivity index (χ1v) is 14.1. The predicted octanol–water partition coefficient (Wildman–Crippen LogP) is 8.58. The van der Waals surface area contributed by atoms with E-state index in [1.807, 2.05) is 68.4 Å². The summed E-state index contributed by atoms with van der Waals surface area (Å²) in [4.78, 5) is 16.8. The van der Waals surface area contributed by atoms with Crippen LogP contribution in [0.25, 0.3) is 33.6 Å². The maximum Gasteiger partial charge on any atom is 0.416 e. The number of esters is 1. The second-order valence-corrected chi connectivity index (χ2v) is 10.9. The molecule has 0 amide bonds. The fourth-order valence-electron chi connectivity index (χ4n) is 5.42. The molecule has 0 aliphatic heterocycles. The Labute approximate surface area is 247 Å². The Morgan fingerprint density at radius 2 is 1.44 bits per heavy atom. The van der Waals surface area contributed by atoms with Crippen LogP contribution in [0.5, 0.6) is 0 Å². The Kier molecular flexibility index (Phi) is 7.38. The van der Waals surface area contributed by atoms with Crippen LogP contribution in [-0.2, 0) is 27.5 Å². The van der Waals surface area contributed by atoms with Gasteiger partial charge in [0.25, 0.3) is 0 Å². The Bertz CT molecular complexity index is 1750. The smallest absolute Gasteiger partial charge is 0.416 e. The number of nitrogens with zero attached hydrogens (tertiary/aromatic N) is 2. The van der Waals surface area contributed by atoms with E-state index in [9.17, 15) is 18.0 Å². The lowest BCUT2D eigenvalue weighted by Gasteiger charge is -2.14. The van der Waals surface area contributed by atoms with Gasteiger partial charge in [-0.25, -0.2) is 0 Å². The van der Waals surface area contributed by atoms with Crippen molar-refractivity contribution >= 4 is 5.97 Å². The van der Waals surface area contributed by atoms with Gasteiger partial charge >= 0.3 is 12.1 Å². The van der Waals surface area contributed by atoms with Gasteiger partial charge in [-0.15, -0.1) is 0 Å². The lowest BCUT2D eigenvalue weighted by molar-refractivity contribution is -0.146. The summed E-state index contributed by atoms with van der Waals surface area (Å²) in [5.74, 6) is 0.511. The van der Waals surface area contributed by atoms with Crippen molar-refractivity contribution in [3.63, 3.8) is 0 Å². The van der Waals surface area contributed by atoms with E-state index in [0.29, 0.717) is 24.4 Å². The summed E-state index contributed by atoms with van der Waals surface area (Å²) in [5, 5.41) is 4.21. The topological polar surface area (TPSA) is 65.2 Å². The van der Waals surface area contributed by atoms with Gasteiger partial charge in [0, 0.05) is 35.5 Å². The van der Waals surface area contributed by atoms with E-state index in [2.05, 4.69) is 10.1 Å². The highest BCUT2D eigenvalue weighted by Gasteiger charge is 2.52. The summed E-state index contributed by atoms with van der Waals surface area (Å²) < 4.78 is 50.0. The van der Waals surface area contributed by atoms with Crippen LogP contribution in [0.1, 0.15) is 47.7 Å². The third-order valence-electron chi connectivity index (χ3n) is 8.04. The number of halogens is 3. The first-order valence-electron chi connectivity index (χ1n) is 14.1. The molecule has 2 heterocycles. The zero-order valence-electron chi connectivity index (χ0n) is 23.7. The summed E-state index contributed by atoms with van der Waals surface area (Å²) in [7, 11) is 0. The largest absolute Gasteiger partial charge is 0.465 e. The Morgan fingerprint density at radius 1 is 0.860 bits per heavy atom. The van der Waals surface area contributed by atoms with Gasteiger partial charge in [-0.3, -0.25) is 9.78 Å². The molecule has 0 bridgehead atoms. The van der Waals surface area contributed by atoms with Crippen LogP contribution in [0, 0.1) is 6.92 Å². The van der Waals surface area contributed by atoms with Crippen LogP contribution >= 0.6 is 0 Å². The highest BCUT2D eigenvalue weighted by molar-refractivity contribution is 5.87. The number of hydrogen-bond donors (Lipinski definition) is 0. The molecule has 0 atom stereocenters. The number of pyridine rings is 1. The number of aryl methyl sites for hydroxylation is 1. The van der Waals surface area contributed by atoms with Gasteiger partial charge in [0.1, 0.15) is 0 Å². The minimum Gasteiger partial charge on any atom is -0.465 e. The molecule has 1 fully saturated rings. The van der Waals surface area contributed by atoms with E-state index in [1.165, 1.54) is 12.1 Å². The highest BCUT2D eigenvalue weighted by atomic mass is 19.4. The molecule has 6 rings (SSSR count). The summed E-state index contributed by atoms with van der Waals surface area (Å²) in [5.41, 5.74) is 6.69. The van der Waals surface area contributed by atoms with E-state index in [4.69, 9.17) is 9.26 Å². The maximum absolute atomic E-state index is 13.0. The minimum absolute atomic E-state index is 0.146. The zero-order chi connectivity index (χ0) is 30.2. The molecule has 0 N–H and O–H groups in total. The molecule has 8 heteroatoms. The first-order chi connectivity index (χ1) is 20.7. The Morgan fingerprint density at radius 3 is 2.05 bits per heavy atom. The van der Waals surface area contributed by atoms with Gasteiger partial charge in [0.05, 0.1) is 23.3 Å². The molecule has 2 aromatic heterocycles. The molecule has 1 aliphatic rings. The summed E-state index contributed by atoms with van der Waals surface area (Å²) in [6.07, 6.45) is 1.12. The molecule has 0 spiro atoms. The van der Waals surface area contributed by atoms with Gasteiger partial charge in [0.15, 0.2) is 5.76 Å². The normalized spacial score (nSPS) is 14.0. The number of alkyl halides is 3. The molecular weight excluding hydrogens is 553 g/mol. The van der Waals surface area contributed by atoms with Crippen molar-refractivity contribution in [2.75, 3.05) is 6.61 Å². The molecule has 0 saturated heterocycles. The molecule has 1 saturated carbocycles. The molecule has 3 aromatic carbocycles. The van der Waals surface area contributed by atoms with Gasteiger partial charge in [-0.1, -0.05) is 65.8 Å². The van der Waals surface area contributed by atoms with Crippen LogP contribution < -0.4 is 0 Å². The molecule has 0 unspecified atom stereocenters. The van der Waals surface area contributed by atoms with Crippen LogP contribution in [0.3, 0.4) is 0 Å². The van der Waals surface area contributed by atoms with E-state index < -0.39 is 17.2 Å². The van der Waals surface area contributed by atoms with E-state index in [0.717, 1.165) is 69.6 Å². The van der Waals surface area contributed by atoms with Crippen molar-refractivity contribution in [3.05, 3.63) is 119 Å². The Hall–Kier alpha value is -4.72. The third-order valence-corrected chi connectivity index (χ3v) is 8.04. The number of hydrogen-bond acceptors (Lipinski definition) is 5. The molecule has 43 heavy (non-hydrogen) atoms. The number of carbonyl (C=O) groups is 1. The lowest BCUT2D eigenvalue weighted by Crippen LogP contribution is -2.23. The standard InChI is InChI=1S/C35H29F3N2O3/c1-3-42-33(41)34(16-17-34)29-12-8-25(9-13-29)24-4-6-27(7-5-24)32-31(22(2)40-43-32)19-23-18-28(21-39-20-23)26-10-14-30(15-11-26)35(36,37)38/h4-15,18,20-21H,3,16-17,19H2,1-2H3. The average molecular weight is 583 g/mol. The van der Waals surface area contributed by atoms with Crippen molar-refractivity contribution in [3.8, 4) is 33.6 Å². The van der Waals surface area contributed by atoms with Crippen molar-refractivity contribution in [2.24, 2.45) is 0 Å². The first kappa shape index (κ1) is 28.4. The molecule has 218 valence electrons. The quantitative estimate of drug-likeness (QED) is 0.172. The SMILES string of the molecule is CCOC(=O)C1(c2ccc(-c3ccc(-c4onc(C)c4Cc4cncc(-c5ccc(C(F)(F)F)cc5)c4)cc3)cc2)CC1. The van der Waals surface area contributed by atoms with Crippen molar-refractivity contribution in [1.29, 1.82) is 0 Å². The molecular formula is C35H29F3N2O3. The van der Waals surface area contributed by atoms with E-state index in [1.54, 1.807) is 12.4 Å². The third kappa shape index (κ3) is 5.69. The number of carbonyl (C=O) groups excluding carboxylic acids is 1. The second-order valence-electron chi connectivity index (χ2n) is 10.9. The summed E-state index contributed by atoms with van der Waals surface area (Å²) in [6, 6.07) is 23.1.